The van der Waals surface area contributed by atoms with Crippen LogP contribution in [0.25, 0.3) is 0 Å². The molecule has 29 heavy (non-hydrogen) atoms. The molecule has 0 aromatic carbocycles. The smallest absolute Gasteiger partial charge is 0.0623 e. The Balaban J connectivity index is 1.59. The van der Waals surface area contributed by atoms with Gasteiger partial charge in [-0.3, -0.25) is 0 Å². The van der Waals surface area contributed by atoms with Gasteiger partial charge in [-0.15, -0.1) is 0 Å². The summed E-state index contributed by atoms with van der Waals surface area (Å²) < 4.78 is 0. The molecule has 0 radical (unpaired) electrons. The van der Waals surface area contributed by atoms with Crippen LogP contribution in [0, 0.1) is 46.3 Å². The van der Waals surface area contributed by atoms with Gasteiger partial charge in [0.25, 0.3) is 0 Å². The van der Waals surface area contributed by atoms with E-state index in [1.165, 1.54) is 0 Å². The second-order valence-corrected chi connectivity index (χ2v) is 11.3. The van der Waals surface area contributed by atoms with Gasteiger partial charge in [-0.05, 0) is 104 Å². The van der Waals surface area contributed by atoms with Gasteiger partial charge < -0.3 is 25.2 Å². The highest BCUT2D eigenvalue weighted by Crippen LogP contribution is 2.68. The summed E-state index contributed by atoms with van der Waals surface area (Å²) in [4.78, 5) is 11.0. The van der Waals surface area contributed by atoms with Crippen molar-refractivity contribution in [3.05, 3.63) is 0 Å². The van der Waals surface area contributed by atoms with Crippen molar-refractivity contribution < 1.29 is 25.2 Å². The Hall–Kier alpha value is -0.650. The first-order chi connectivity index (χ1) is 13.6. The van der Waals surface area contributed by atoms with Gasteiger partial charge in [0, 0.05) is 5.97 Å². The molecule has 4 fully saturated rings. The zero-order valence-electron chi connectivity index (χ0n) is 18.2. The third-order valence-corrected chi connectivity index (χ3v) is 10.4. The second-order valence-electron chi connectivity index (χ2n) is 11.3. The van der Waals surface area contributed by atoms with Gasteiger partial charge >= 0.3 is 0 Å². The van der Waals surface area contributed by atoms with Gasteiger partial charge in [-0.25, -0.2) is 0 Å². The fourth-order valence-corrected chi connectivity index (χ4v) is 8.77. The fourth-order valence-electron chi connectivity index (χ4n) is 8.77. The van der Waals surface area contributed by atoms with Crippen LogP contribution >= 0.6 is 0 Å². The maximum absolute atomic E-state index is 11.5. The van der Waals surface area contributed by atoms with Crippen LogP contribution in [0.15, 0.2) is 0 Å². The molecule has 166 valence electrons. The Kier molecular flexibility index (Phi) is 5.57. The Labute approximate surface area is 174 Å². The van der Waals surface area contributed by atoms with E-state index in [0.29, 0.717) is 42.4 Å². The van der Waals surface area contributed by atoms with Crippen LogP contribution in [0.2, 0.25) is 0 Å². The molecule has 0 unspecified atom stereocenters. The highest BCUT2D eigenvalue weighted by Gasteiger charge is 2.65. The highest BCUT2D eigenvalue weighted by atomic mass is 16.4. The van der Waals surface area contributed by atoms with Crippen LogP contribution in [-0.4, -0.2) is 39.6 Å². The number of hydrogen-bond acceptors (Lipinski definition) is 5. The summed E-state index contributed by atoms with van der Waals surface area (Å²) in [6, 6.07) is 0. The normalized spacial score (nSPS) is 52.9. The summed E-state index contributed by atoms with van der Waals surface area (Å²) in [5.41, 5.74) is -0.391. The Morgan fingerprint density at radius 2 is 1.66 bits per heavy atom. The molecule has 4 aliphatic rings. The summed E-state index contributed by atoms with van der Waals surface area (Å²) >= 11 is 0. The number of carbonyl (C=O) groups excluding carboxylic acids is 1. The molecule has 0 amide bonds. The Bertz CT molecular complexity index is 637. The molecule has 4 rings (SSSR count). The second kappa shape index (κ2) is 7.49. The van der Waals surface area contributed by atoms with E-state index in [1.54, 1.807) is 0 Å². The molecule has 0 aliphatic heterocycles. The lowest BCUT2D eigenvalue weighted by Gasteiger charge is -2.63. The van der Waals surface area contributed by atoms with Gasteiger partial charge in [0.1, 0.15) is 0 Å². The Morgan fingerprint density at radius 1 is 0.966 bits per heavy atom. The number of carbonyl (C=O) groups is 1. The van der Waals surface area contributed by atoms with Crippen molar-refractivity contribution in [2.75, 3.05) is 0 Å². The molecule has 5 heteroatoms. The minimum Gasteiger partial charge on any atom is -0.550 e. The minimum absolute atomic E-state index is 0.0921. The monoisotopic (exact) mass is 407 g/mol. The number of aliphatic carboxylic acids is 1. The van der Waals surface area contributed by atoms with Crippen molar-refractivity contribution in [1.82, 2.24) is 0 Å². The van der Waals surface area contributed by atoms with Crippen LogP contribution in [0.5, 0.6) is 0 Å². The van der Waals surface area contributed by atoms with E-state index in [4.69, 9.17) is 0 Å². The lowest BCUT2D eigenvalue weighted by atomic mass is 9.43. The summed E-state index contributed by atoms with van der Waals surface area (Å²) in [6.45, 7) is 6.61. The third-order valence-electron chi connectivity index (χ3n) is 10.4. The highest BCUT2D eigenvalue weighted by molar-refractivity contribution is 5.64. The summed E-state index contributed by atoms with van der Waals surface area (Å²) in [7, 11) is 0. The number of carboxylic acids is 1. The molecule has 0 bridgehead atoms. The van der Waals surface area contributed by atoms with Crippen molar-refractivity contribution in [2.45, 2.75) is 96.9 Å². The van der Waals surface area contributed by atoms with E-state index in [1.807, 2.05) is 0 Å². The summed E-state index contributed by atoms with van der Waals surface area (Å²) in [6.07, 6.45) is 5.67. The van der Waals surface area contributed by atoms with Gasteiger partial charge in [0.2, 0.25) is 0 Å². The largest absolute Gasteiger partial charge is 0.550 e. The van der Waals surface area contributed by atoms with Gasteiger partial charge in [-0.1, -0.05) is 20.8 Å². The van der Waals surface area contributed by atoms with E-state index in [9.17, 15) is 25.2 Å². The number of aliphatic hydroxyl groups excluding tert-OH is 3. The summed E-state index contributed by atoms with van der Waals surface area (Å²) in [5, 5.41) is 43.6. The third kappa shape index (κ3) is 3.18. The van der Waals surface area contributed by atoms with Crippen molar-refractivity contribution in [3.63, 3.8) is 0 Å². The topological polar surface area (TPSA) is 101 Å². The number of rotatable bonds is 4. The zero-order chi connectivity index (χ0) is 21.1. The van der Waals surface area contributed by atoms with E-state index < -0.39 is 24.3 Å². The van der Waals surface area contributed by atoms with E-state index in [2.05, 4.69) is 20.8 Å². The molecular weight excluding hydrogens is 368 g/mol. The first-order valence-electron chi connectivity index (χ1n) is 11.8. The van der Waals surface area contributed by atoms with Crippen LogP contribution in [0.4, 0.5) is 0 Å². The number of aliphatic hydroxyl groups is 3. The number of carboxylic acid groups (broad SMARTS) is 1. The quantitative estimate of drug-likeness (QED) is 0.663. The number of fused-ring (bicyclic) bond motifs is 5. The maximum Gasteiger partial charge on any atom is 0.0623 e. The molecular formula is C24H39O5-. The van der Waals surface area contributed by atoms with Gasteiger partial charge in [0.05, 0.1) is 18.3 Å². The molecule has 4 aliphatic carbocycles. The van der Waals surface area contributed by atoms with E-state index >= 15 is 0 Å². The zero-order valence-corrected chi connectivity index (χ0v) is 18.2. The van der Waals surface area contributed by atoms with Crippen LogP contribution in [-0.2, 0) is 4.79 Å². The lowest BCUT2D eigenvalue weighted by molar-refractivity contribution is -0.306. The average Bonchev–Trinajstić information content (AvgIpc) is 3.01. The van der Waals surface area contributed by atoms with Crippen molar-refractivity contribution >= 4 is 5.97 Å². The molecule has 0 aromatic heterocycles. The van der Waals surface area contributed by atoms with E-state index in [-0.39, 0.29) is 23.2 Å². The predicted molar refractivity (Wildman–Crippen MR) is 107 cm³/mol. The number of hydrogen-bond donors (Lipinski definition) is 3. The SMILES string of the molecule is C[C@H](CCC(=O)[O-])[C@H]1CC[C@H]2[C@@H]3CC[C@@H]4C[C@H](O)C[C@@H](O)[C@]4(C)[C@H]3C[C@H](O)[C@]12C. The van der Waals surface area contributed by atoms with Crippen molar-refractivity contribution in [1.29, 1.82) is 0 Å². The average molecular weight is 408 g/mol. The standard InChI is InChI=1S/C24H40O5/c1-13(4-9-22(28)29)17-7-8-18-16-6-5-14-10-15(25)11-20(26)23(14,2)19(16)12-21(27)24(17,18)3/h13-21,25-27H,4-12H2,1-3H3,(H,28,29)/p-1/t13-,14-,15+,16+,17-,18+,19+,20-,21+,23+,24-/m1/s1. The van der Waals surface area contributed by atoms with Crippen LogP contribution in [0.1, 0.15) is 78.6 Å². The first kappa shape index (κ1) is 21.6. The lowest BCUT2D eigenvalue weighted by Crippen LogP contribution is -2.62. The molecule has 3 N–H and O–H groups in total. The summed E-state index contributed by atoms with van der Waals surface area (Å²) in [5.74, 6) is 1.19. The van der Waals surface area contributed by atoms with E-state index in [0.717, 1.165) is 38.5 Å². The molecule has 0 spiro atoms. The molecule has 0 heterocycles. The Morgan fingerprint density at radius 3 is 2.34 bits per heavy atom. The molecule has 0 saturated heterocycles. The predicted octanol–water partition coefficient (Wildman–Crippen LogP) is 2.11. The molecule has 0 aromatic rings. The van der Waals surface area contributed by atoms with Crippen molar-refractivity contribution in [2.24, 2.45) is 46.3 Å². The maximum atomic E-state index is 11.5. The first-order valence-corrected chi connectivity index (χ1v) is 11.8. The molecule has 4 saturated carbocycles. The van der Waals surface area contributed by atoms with Gasteiger partial charge in [0.15, 0.2) is 0 Å². The van der Waals surface area contributed by atoms with Crippen LogP contribution in [0.3, 0.4) is 0 Å². The van der Waals surface area contributed by atoms with Gasteiger partial charge in [-0.2, -0.15) is 0 Å². The molecule has 11 atom stereocenters. The fraction of sp³-hybridized carbons (Fsp3) is 0.958. The molecule has 5 nitrogen and oxygen atoms in total. The minimum atomic E-state index is -0.986. The van der Waals surface area contributed by atoms with Crippen LogP contribution < -0.4 is 5.11 Å². The van der Waals surface area contributed by atoms with Crippen molar-refractivity contribution in [3.8, 4) is 0 Å².